The van der Waals surface area contributed by atoms with Gasteiger partial charge in [0, 0.05) is 48.5 Å². The summed E-state index contributed by atoms with van der Waals surface area (Å²) in [6.07, 6.45) is 0.629. The van der Waals surface area contributed by atoms with Crippen LogP contribution in [0.25, 0.3) is 12.2 Å². The standard InChI is InChI=1S/C43H52N4O18S2/c1-27-4-7-31-37(30-8-6-29(26-33(30)43(51)52)42(50)45-13-16-60-19-18-58-3)32-9-10-34(44)41(39(32)64-38(31)40(27)67(55,56)57)66(53,54)46-14-17-61-21-23-63-25-24-62-22-20-59-15-12-36(49)65-47-28(2)5-11-35(47)48/h4,6-10,26,46H,1-2,5,11-25,44H2,3H3,(H,45,50)(H,51,52)(H,55,56,57). The van der Waals surface area contributed by atoms with Gasteiger partial charge in [0.2, 0.25) is 10.0 Å². The van der Waals surface area contributed by atoms with Crippen LogP contribution in [0.15, 0.2) is 64.5 Å². The minimum atomic E-state index is -5.09. The van der Waals surface area contributed by atoms with Crippen molar-refractivity contribution in [3.63, 3.8) is 0 Å². The summed E-state index contributed by atoms with van der Waals surface area (Å²) in [5.41, 5.74) is 5.81. The summed E-state index contributed by atoms with van der Waals surface area (Å²) in [5, 5.41) is 13.7. The first-order chi connectivity index (χ1) is 32.0. The molecule has 0 bridgehead atoms. The highest BCUT2D eigenvalue weighted by Crippen LogP contribution is 2.44. The van der Waals surface area contributed by atoms with Crippen molar-refractivity contribution in [2.75, 3.05) is 98.6 Å². The lowest BCUT2D eigenvalue weighted by molar-refractivity contribution is -0.187. The lowest BCUT2D eigenvalue weighted by atomic mass is 9.88. The second-order valence-electron chi connectivity index (χ2n) is 14.5. The number of nitrogens with one attached hydrogen (secondary N) is 2. The molecule has 22 nitrogen and oxygen atoms in total. The number of nitrogens with zero attached hydrogens (tertiary/aromatic N) is 1. The fraction of sp³-hybridized carbons (Fsp3) is 0.395. The number of aromatic carboxylic acids is 1. The van der Waals surface area contributed by atoms with E-state index in [0.29, 0.717) is 25.3 Å². The molecule has 2 aliphatic heterocycles. The zero-order chi connectivity index (χ0) is 48.7. The quantitative estimate of drug-likeness (QED) is 0.0297. The van der Waals surface area contributed by atoms with E-state index in [-0.39, 0.29) is 130 Å². The summed E-state index contributed by atoms with van der Waals surface area (Å²) in [5.74, 6) is -4.07. The number of ether oxygens (including phenoxy) is 7. The molecular formula is C43H52N4O18S2. The van der Waals surface area contributed by atoms with E-state index in [1.165, 1.54) is 43.5 Å². The van der Waals surface area contributed by atoms with Gasteiger partial charge in [0.15, 0.2) is 11.5 Å². The fourth-order valence-electron chi connectivity index (χ4n) is 6.67. The van der Waals surface area contributed by atoms with Gasteiger partial charge in [-0.3, -0.25) is 14.1 Å². The van der Waals surface area contributed by atoms with Crippen LogP contribution in [-0.2, 0) is 63.0 Å². The summed E-state index contributed by atoms with van der Waals surface area (Å²) >= 11 is 0. The van der Waals surface area contributed by atoms with Crippen LogP contribution < -0.4 is 30.9 Å². The van der Waals surface area contributed by atoms with Crippen molar-refractivity contribution in [3.8, 4) is 11.5 Å². The molecule has 0 unspecified atom stereocenters. The number of anilines is 1. The number of carboxylic acid groups (broad SMARTS) is 1. The summed E-state index contributed by atoms with van der Waals surface area (Å²) < 4.78 is 104. The van der Waals surface area contributed by atoms with Crippen molar-refractivity contribution in [1.29, 1.82) is 0 Å². The average Bonchev–Trinajstić information content (AvgIpc) is 3.59. The van der Waals surface area contributed by atoms with E-state index in [2.05, 4.69) is 23.2 Å². The molecule has 1 fully saturated rings. The molecule has 3 aromatic carbocycles. The van der Waals surface area contributed by atoms with E-state index in [9.17, 15) is 45.7 Å². The Kier molecular flexibility index (Phi) is 18.9. The van der Waals surface area contributed by atoms with Crippen LogP contribution in [-0.4, -0.2) is 148 Å². The van der Waals surface area contributed by atoms with Crippen LogP contribution in [0.4, 0.5) is 5.69 Å². The Morgan fingerprint density at radius 2 is 1.39 bits per heavy atom. The molecule has 0 radical (unpaired) electrons. The number of fused-ring (bicyclic) bond motifs is 2. The molecule has 0 atom stereocenters. The lowest BCUT2D eigenvalue weighted by Crippen LogP contribution is -2.31. The Morgan fingerprint density at radius 1 is 0.776 bits per heavy atom. The van der Waals surface area contributed by atoms with Crippen molar-refractivity contribution < 1.29 is 83.7 Å². The maximum absolute atomic E-state index is 14.0. The highest BCUT2D eigenvalue weighted by molar-refractivity contribution is 7.89. The van der Waals surface area contributed by atoms with Gasteiger partial charge in [0.1, 0.15) is 9.79 Å². The molecule has 2 amide bonds. The van der Waals surface area contributed by atoms with Gasteiger partial charge in [0.05, 0.1) is 96.0 Å². The molecule has 67 heavy (non-hydrogen) atoms. The van der Waals surface area contributed by atoms with Gasteiger partial charge < -0.3 is 54.2 Å². The van der Waals surface area contributed by atoms with Gasteiger partial charge in [-0.05, 0) is 47.5 Å². The number of carbonyl (C=O) groups excluding carboxylic acids is 3. The van der Waals surface area contributed by atoms with Gasteiger partial charge in [-0.25, -0.2) is 22.7 Å². The lowest BCUT2D eigenvalue weighted by Gasteiger charge is -2.26. The van der Waals surface area contributed by atoms with E-state index in [4.69, 9.17) is 43.7 Å². The number of sulfonamides is 1. The number of carboxylic acids is 1. The third-order valence-electron chi connectivity index (χ3n) is 9.79. The molecule has 0 saturated carbocycles. The van der Waals surface area contributed by atoms with Gasteiger partial charge in [-0.15, -0.1) is 5.06 Å². The summed E-state index contributed by atoms with van der Waals surface area (Å²) in [6.45, 7) is 9.06. The number of nitrogen functional groups attached to an aromatic ring is 1. The number of hydroxylamine groups is 2. The molecule has 364 valence electrons. The van der Waals surface area contributed by atoms with E-state index in [1.807, 2.05) is 0 Å². The molecule has 6 N–H and O–H groups in total. The SMILES string of the molecule is C=C1CCC(=O)N1OC(=O)CCOCCOCCOCCOCCNS(=O)(=O)c1c(N)ccc2c1Oc1c(S(=O)(=O)O)c(=C)ccc1=C2c1ccc(C(=O)NCCOCCOC)cc1C(=O)O. The molecule has 2 heterocycles. The number of rotatable bonds is 28. The maximum atomic E-state index is 14.0. The largest absolute Gasteiger partial charge is 0.478 e. The molecular weight excluding hydrogens is 925 g/mol. The molecule has 1 saturated heterocycles. The topological polar surface area (TPSA) is 304 Å². The van der Waals surface area contributed by atoms with Crippen molar-refractivity contribution >= 4 is 61.7 Å². The zero-order valence-electron chi connectivity index (χ0n) is 36.5. The van der Waals surface area contributed by atoms with E-state index < -0.39 is 64.8 Å². The van der Waals surface area contributed by atoms with Gasteiger partial charge in [-0.1, -0.05) is 25.3 Å². The number of amides is 2. The second-order valence-corrected chi connectivity index (χ2v) is 17.5. The zero-order valence-corrected chi connectivity index (χ0v) is 38.2. The number of carbonyl (C=O) groups is 4. The minimum Gasteiger partial charge on any atom is -0.478 e. The highest BCUT2D eigenvalue weighted by atomic mass is 32.2. The van der Waals surface area contributed by atoms with Crippen LogP contribution in [0.1, 0.15) is 51.1 Å². The average molecular weight is 977 g/mol. The van der Waals surface area contributed by atoms with Gasteiger partial charge in [-0.2, -0.15) is 8.42 Å². The highest BCUT2D eigenvalue weighted by Gasteiger charge is 2.35. The normalized spacial score (nSPS) is 13.6. The molecule has 24 heteroatoms. The predicted molar refractivity (Wildman–Crippen MR) is 236 cm³/mol. The fourth-order valence-corrected chi connectivity index (χ4v) is 8.73. The Hall–Kier alpha value is -5.80. The maximum Gasteiger partial charge on any atom is 0.336 e. The number of benzene rings is 3. The van der Waals surface area contributed by atoms with Crippen molar-refractivity contribution in [2.24, 2.45) is 0 Å². The summed E-state index contributed by atoms with van der Waals surface area (Å²) in [4.78, 5) is 53.0. The van der Waals surface area contributed by atoms with Crippen LogP contribution in [0.5, 0.6) is 11.5 Å². The third-order valence-corrected chi connectivity index (χ3v) is 12.3. The second kappa shape index (κ2) is 24.3. The Balaban J connectivity index is 1.20. The number of nitrogens with two attached hydrogens (primary N) is 1. The molecule has 0 spiro atoms. The van der Waals surface area contributed by atoms with E-state index in [0.717, 1.165) is 11.1 Å². The van der Waals surface area contributed by atoms with Crippen LogP contribution >= 0.6 is 0 Å². The number of hydrogen-bond donors (Lipinski definition) is 5. The predicted octanol–water partition coefficient (Wildman–Crippen LogP) is 0.699. The summed E-state index contributed by atoms with van der Waals surface area (Å²) in [6, 6.07) is 9.00. The van der Waals surface area contributed by atoms with Gasteiger partial charge >= 0.3 is 11.9 Å². The summed E-state index contributed by atoms with van der Waals surface area (Å²) in [7, 11) is -8.17. The Morgan fingerprint density at radius 3 is 2.00 bits per heavy atom. The van der Waals surface area contributed by atoms with Crippen LogP contribution in [0.2, 0.25) is 0 Å². The number of methoxy groups -OCH3 is 1. The first kappa shape index (κ1) is 52.2. The molecule has 3 aromatic rings. The third kappa shape index (κ3) is 13.9. The van der Waals surface area contributed by atoms with E-state index >= 15 is 0 Å². The molecule has 5 rings (SSSR count). The Bertz CT molecular complexity index is 2660. The Labute approximate surface area is 385 Å². The first-order valence-electron chi connectivity index (χ1n) is 20.7. The molecule has 0 aliphatic carbocycles. The van der Waals surface area contributed by atoms with Crippen molar-refractivity contribution in [3.05, 3.63) is 87.4 Å². The van der Waals surface area contributed by atoms with Crippen LogP contribution in [0.3, 0.4) is 0 Å². The van der Waals surface area contributed by atoms with E-state index in [1.54, 1.807) is 0 Å². The van der Waals surface area contributed by atoms with Crippen molar-refractivity contribution in [2.45, 2.75) is 29.1 Å². The van der Waals surface area contributed by atoms with Gasteiger partial charge in [0.25, 0.3) is 21.9 Å². The number of hydrogen-bond acceptors (Lipinski definition) is 17. The molecule has 2 aliphatic rings. The first-order valence-corrected chi connectivity index (χ1v) is 23.6. The smallest absolute Gasteiger partial charge is 0.336 e. The monoisotopic (exact) mass is 976 g/mol. The number of allylic oxidation sites excluding steroid dienone is 1. The minimum absolute atomic E-state index is 0.0142. The molecule has 0 aromatic heterocycles. The van der Waals surface area contributed by atoms with Crippen LogP contribution in [0, 0.1) is 0 Å². The van der Waals surface area contributed by atoms with Crippen molar-refractivity contribution in [1.82, 2.24) is 15.1 Å².